The summed E-state index contributed by atoms with van der Waals surface area (Å²) in [7, 11) is 0. The fourth-order valence-electron chi connectivity index (χ4n) is 4.39. The Hall–Kier alpha value is -2.21. The number of nitrogens with zero attached hydrogens (tertiary/aromatic N) is 3. The number of aromatic amines is 1. The highest BCUT2D eigenvalue weighted by Crippen LogP contribution is 2.44. The molecule has 130 valence electrons. The number of nitrogens with one attached hydrogen (secondary N) is 2. The highest BCUT2D eigenvalue weighted by molar-refractivity contribution is 5.89. The van der Waals surface area contributed by atoms with E-state index in [1.54, 1.807) is 6.20 Å². The van der Waals surface area contributed by atoms with Crippen molar-refractivity contribution in [3.63, 3.8) is 0 Å². The van der Waals surface area contributed by atoms with Gasteiger partial charge in [0.25, 0.3) is 0 Å². The van der Waals surface area contributed by atoms with Crippen molar-refractivity contribution in [2.75, 3.05) is 6.54 Å². The minimum absolute atomic E-state index is 0.0971. The molecular weight excluding hydrogens is 314 g/mol. The highest BCUT2D eigenvalue weighted by Gasteiger charge is 2.53. The van der Waals surface area contributed by atoms with E-state index in [1.807, 2.05) is 24.5 Å². The minimum Gasteiger partial charge on any atom is -0.321 e. The van der Waals surface area contributed by atoms with E-state index < -0.39 is 0 Å². The van der Waals surface area contributed by atoms with Gasteiger partial charge in [0.2, 0.25) is 5.91 Å². The van der Waals surface area contributed by atoms with Gasteiger partial charge in [-0.2, -0.15) is 5.10 Å². The molecule has 5 rings (SSSR count). The van der Waals surface area contributed by atoms with Crippen LogP contribution in [0.15, 0.2) is 30.7 Å². The molecule has 2 aromatic rings. The molecule has 1 amide bonds. The Morgan fingerprint density at radius 1 is 1.24 bits per heavy atom. The van der Waals surface area contributed by atoms with Crippen LogP contribution in [0, 0.1) is 5.92 Å². The zero-order valence-corrected chi connectivity index (χ0v) is 14.2. The van der Waals surface area contributed by atoms with Crippen LogP contribution in [0.2, 0.25) is 0 Å². The normalized spacial score (nSPS) is 25.2. The first-order valence-electron chi connectivity index (χ1n) is 9.29. The second-order valence-corrected chi connectivity index (χ2v) is 7.68. The van der Waals surface area contributed by atoms with Gasteiger partial charge in [0.05, 0.1) is 17.4 Å². The third kappa shape index (κ3) is 2.47. The number of amides is 1. The van der Waals surface area contributed by atoms with Crippen molar-refractivity contribution in [2.24, 2.45) is 5.92 Å². The fraction of sp³-hybridized carbons (Fsp3) is 0.526. The number of aromatic nitrogens is 3. The van der Waals surface area contributed by atoms with Crippen LogP contribution in [-0.4, -0.2) is 38.1 Å². The molecule has 2 N–H and O–H groups in total. The summed E-state index contributed by atoms with van der Waals surface area (Å²) in [5.41, 5.74) is 2.64. The predicted octanol–water partition coefficient (Wildman–Crippen LogP) is 2.62. The summed E-state index contributed by atoms with van der Waals surface area (Å²) >= 11 is 0. The maximum absolute atomic E-state index is 13.3. The molecule has 1 saturated heterocycles. The van der Waals surface area contributed by atoms with Crippen LogP contribution in [0.25, 0.3) is 11.3 Å². The lowest BCUT2D eigenvalue weighted by Crippen LogP contribution is -2.44. The van der Waals surface area contributed by atoms with Gasteiger partial charge in [-0.05, 0) is 43.7 Å². The van der Waals surface area contributed by atoms with Crippen LogP contribution in [-0.2, 0) is 4.79 Å². The third-order valence-electron chi connectivity index (χ3n) is 5.92. The van der Waals surface area contributed by atoms with Crippen molar-refractivity contribution in [3.8, 4) is 11.3 Å². The largest absolute Gasteiger partial charge is 0.321 e. The quantitative estimate of drug-likeness (QED) is 0.899. The maximum Gasteiger partial charge on any atom is 0.244 e. The maximum atomic E-state index is 13.3. The van der Waals surface area contributed by atoms with Crippen molar-refractivity contribution < 1.29 is 4.79 Å². The van der Waals surface area contributed by atoms with Gasteiger partial charge in [0.15, 0.2) is 0 Å². The summed E-state index contributed by atoms with van der Waals surface area (Å²) < 4.78 is 0. The molecule has 2 aliphatic carbocycles. The average molecular weight is 337 g/mol. The van der Waals surface area contributed by atoms with Crippen LogP contribution >= 0.6 is 0 Å². The van der Waals surface area contributed by atoms with Crippen LogP contribution in [0.1, 0.15) is 50.3 Å². The molecule has 3 aliphatic rings. The summed E-state index contributed by atoms with van der Waals surface area (Å²) in [6, 6.07) is 3.95. The number of pyridine rings is 1. The Balaban J connectivity index is 1.53. The molecule has 6 heteroatoms. The molecule has 25 heavy (non-hydrogen) atoms. The smallest absolute Gasteiger partial charge is 0.244 e. The van der Waals surface area contributed by atoms with Gasteiger partial charge in [0, 0.05) is 30.1 Å². The first-order valence-corrected chi connectivity index (χ1v) is 9.29. The van der Waals surface area contributed by atoms with Gasteiger partial charge < -0.3 is 4.90 Å². The number of carbonyl (C=O) groups excluding carboxylic acids is 1. The van der Waals surface area contributed by atoms with Gasteiger partial charge in [0.1, 0.15) is 6.17 Å². The summed E-state index contributed by atoms with van der Waals surface area (Å²) in [6.07, 6.45) is 12.0. The molecule has 1 spiro atoms. The monoisotopic (exact) mass is 337 g/mol. The van der Waals surface area contributed by atoms with Gasteiger partial charge in [-0.25, -0.2) is 0 Å². The molecule has 0 radical (unpaired) electrons. The van der Waals surface area contributed by atoms with E-state index in [1.165, 1.54) is 12.8 Å². The lowest BCUT2D eigenvalue weighted by molar-refractivity contribution is -0.133. The van der Waals surface area contributed by atoms with Crippen molar-refractivity contribution >= 4 is 5.91 Å². The zero-order valence-electron chi connectivity index (χ0n) is 14.2. The Kier molecular flexibility index (Phi) is 3.41. The van der Waals surface area contributed by atoms with E-state index >= 15 is 0 Å². The Morgan fingerprint density at radius 2 is 2.08 bits per heavy atom. The highest BCUT2D eigenvalue weighted by atomic mass is 16.2. The second kappa shape index (κ2) is 5.66. The first-order chi connectivity index (χ1) is 12.3. The molecule has 1 aliphatic heterocycles. The molecule has 6 nitrogen and oxygen atoms in total. The van der Waals surface area contributed by atoms with Crippen LogP contribution in [0.4, 0.5) is 0 Å². The predicted molar refractivity (Wildman–Crippen MR) is 93.3 cm³/mol. The van der Waals surface area contributed by atoms with Gasteiger partial charge in [-0.1, -0.05) is 12.8 Å². The van der Waals surface area contributed by atoms with Gasteiger partial charge in [-0.15, -0.1) is 0 Å². The molecule has 2 aromatic heterocycles. The van der Waals surface area contributed by atoms with E-state index in [0.29, 0.717) is 11.8 Å². The number of H-pyrrole nitrogens is 1. The fourth-order valence-corrected chi connectivity index (χ4v) is 4.39. The van der Waals surface area contributed by atoms with Gasteiger partial charge in [-0.3, -0.25) is 20.2 Å². The number of carbonyl (C=O) groups is 1. The second-order valence-electron chi connectivity index (χ2n) is 7.68. The molecule has 2 saturated carbocycles. The number of rotatable bonds is 4. The Bertz CT molecular complexity index is 776. The molecular formula is C19H23N5O. The molecule has 0 bridgehead atoms. The topological polar surface area (TPSA) is 73.9 Å². The third-order valence-corrected chi connectivity index (χ3v) is 5.92. The van der Waals surface area contributed by atoms with E-state index in [4.69, 9.17) is 0 Å². The number of hydrogen-bond acceptors (Lipinski definition) is 4. The number of hydrogen-bond donors (Lipinski definition) is 2. The summed E-state index contributed by atoms with van der Waals surface area (Å²) in [5.74, 6) is 0.957. The van der Waals surface area contributed by atoms with Crippen molar-refractivity contribution in [1.82, 2.24) is 25.4 Å². The average Bonchev–Trinajstić information content (AvgIpc) is 3.06. The molecule has 1 atom stereocenters. The minimum atomic E-state index is -0.358. The van der Waals surface area contributed by atoms with Crippen molar-refractivity contribution in [2.45, 2.75) is 50.2 Å². The SMILES string of the molecule is O=C1N(CC2CC2)[C@@H](c2cn[nH]c2-c2cccnc2)NC12CCCC2. The van der Waals surface area contributed by atoms with E-state index in [-0.39, 0.29) is 11.7 Å². The lowest BCUT2D eigenvalue weighted by atomic mass is 9.98. The summed E-state index contributed by atoms with van der Waals surface area (Å²) in [5, 5.41) is 11.1. The summed E-state index contributed by atoms with van der Waals surface area (Å²) in [6.45, 7) is 0.857. The van der Waals surface area contributed by atoms with Crippen LogP contribution in [0.5, 0.6) is 0 Å². The van der Waals surface area contributed by atoms with Crippen molar-refractivity contribution in [3.05, 3.63) is 36.3 Å². The molecule has 3 fully saturated rings. The molecule has 0 aromatic carbocycles. The Labute approximate surface area is 147 Å². The molecule has 3 heterocycles. The van der Waals surface area contributed by atoms with Gasteiger partial charge >= 0.3 is 0 Å². The molecule has 0 unspecified atom stereocenters. The van der Waals surface area contributed by atoms with E-state index in [9.17, 15) is 4.79 Å². The standard InChI is InChI=1S/C19H23N5O/c25-18-19(7-1-2-8-19)22-17(24(18)12-13-5-6-13)15-11-21-23-16(15)14-4-3-9-20-10-14/h3-4,9-11,13,17,22H,1-2,5-8,12H2,(H,21,23)/t17-/m0/s1. The zero-order chi connectivity index (χ0) is 16.9. The van der Waals surface area contributed by atoms with E-state index in [2.05, 4.69) is 25.4 Å². The lowest BCUT2D eigenvalue weighted by Gasteiger charge is -2.24. The summed E-state index contributed by atoms with van der Waals surface area (Å²) in [4.78, 5) is 19.6. The van der Waals surface area contributed by atoms with Crippen LogP contribution in [0.3, 0.4) is 0 Å². The van der Waals surface area contributed by atoms with Crippen LogP contribution < -0.4 is 5.32 Å². The Morgan fingerprint density at radius 3 is 2.80 bits per heavy atom. The van der Waals surface area contributed by atoms with Crippen molar-refractivity contribution in [1.29, 1.82) is 0 Å². The van der Waals surface area contributed by atoms with E-state index in [0.717, 1.165) is 49.0 Å². The first kappa shape index (κ1) is 15.1.